The standard InChI is InChI=1S/C12H16/c1-9-8-12(9)10(2)11-6-4-3-5-7-11/h3-7,9-10,12H,8H2,1-2H3. The van der Waals surface area contributed by atoms with Crippen molar-refractivity contribution in [2.24, 2.45) is 11.8 Å². The van der Waals surface area contributed by atoms with Gasteiger partial charge in [0.2, 0.25) is 0 Å². The van der Waals surface area contributed by atoms with Gasteiger partial charge in [-0.05, 0) is 29.7 Å². The van der Waals surface area contributed by atoms with Crippen LogP contribution < -0.4 is 0 Å². The Kier molecular flexibility index (Phi) is 1.92. The van der Waals surface area contributed by atoms with Gasteiger partial charge in [-0.2, -0.15) is 0 Å². The van der Waals surface area contributed by atoms with Gasteiger partial charge in [0.25, 0.3) is 0 Å². The average molecular weight is 160 g/mol. The lowest BCUT2D eigenvalue weighted by Crippen LogP contribution is -1.96. The van der Waals surface area contributed by atoms with E-state index in [4.69, 9.17) is 0 Å². The van der Waals surface area contributed by atoms with Crippen LogP contribution >= 0.6 is 0 Å². The molecule has 0 heteroatoms. The smallest absolute Gasteiger partial charge is 0.0159 e. The van der Waals surface area contributed by atoms with Crippen molar-refractivity contribution in [3.63, 3.8) is 0 Å². The van der Waals surface area contributed by atoms with Gasteiger partial charge in [0.1, 0.15) is 0 Å². The van der Waals surface area contributed by atoms with E-state index in [0.29, 0.717) is 0 Å². The normalized spacial score (nSPS) is 29.8. The Morgan fingerprint density at radius 1 is 1.25 bits per heavy atom. The van der Waals surface area contributed by atoms with Crippen LogP contribution in [-0.2, 0) is 0 Å². The van der Waals surface area contributed by atoms with E-state index >= 15 is 0 Å². The molecule has 3 unspecified atom stereocenters. The summed E-state index contributed by atoms with van der Waals surface area (Å²) in [6, 6.07) is 10.9. The first-order chi connectivity index (χ1) is 5.79. The zero-order valence-corrected chi connectivity index (χ0v) is 7.83. The van der Waals surface area contributed by atoms with Gasteiger partial charge in [-0.1, -0.05) is 44.2 Å². The number of hydrogen-bond donors (Lipinski definition) is 0. The molecule has 0 aliphatic heterocycles. The topological polar surface area (TPSA) is 0 Å². The molecule has 0 N–H and O–H groups in total. The average Bonchev–Trinajstić information content (AvgIpc) is 2.83. The van der Waals surface area contributed by atoms with Crippen LogP contribution in [0.15, 0.2) is 30.3 Å². The summed E-state index contributed by atoms with van der Waals surface area (Å²) < 4.78 is 0. The Balaban J connectivity index is 2.10. The highest BCUT2D eigenvalue weighted by Gasteiger charge is 2.37. The van der Waals surface area contributed by atoms with Gasteiger partial charge in [-0.25, -0.2) is 0 Å². The van der Waals surface area contributed by atoms with Gasteiger partial charge in [0.15, 0.2) is 0 Å². The van der Waals surface area contributed by atoms with E-state index < -0.39 is 0 Å². The summed E-state index contributed by atoms with van der Waals surface area (Å²) >= 11 is 0. The molecule has 1 fully saturated rings. The lowest BCUT2D eigenvalue weighted by molar-refractivity contribution is 0.619. The lowest BCUT2D eigenvalue weighted by atomic mass is 9.95. The highest BCUT2D eigenvalue weighted by Crippen LogP contribution is 2.47. The molecule has 2 rings (SSSR count). The summed E-state index contributed by atoms with van der Waals surface area (Å²) in [6.07, 6.45) is 1.43. The third kappa shape index (κ3) is 1.38. The molecule has 0 amide bonds. The second kappa shape index (κ2) is 2.93. The second-order valence-corrected chi connectivity index (χ2v) is 4.08. The zero-order chi connectivity index (χ0) is 8.55. The third-order valence-corrected chi connectivity index (χ3v) is 3.14. The molecule has 1 aliphatic rings. The molecule has 1 saturated carbocycles. The van der Waals surface area contributed by atoms with E-state index in [9.17, 15) is 0 Å². The van der Waals surface area contributed by atoms with E-state index in [1.165, 1.54) is 12.0 Å². The van der Waals surface area contributed by atoms with Crippen LogP contribution in [0.3, 0.4) is 0 Å². The molecule has 1 aromatic rings. The van der Waals surface area contributed by atoms with E-state index in [2.05, 4.69) is 44.2 Å². The Bertz CT molecular complexity index is 250. The van der Waals surface area contributed by atoms with Crippen molar-refractivity contribution in [1.82, 2.24) is 0 Å². The van der Waals surface area contributed by atoms with Crippen molar-refractivity contribution in [1.29, 1.82) is 0 Å². The van der Waals surface area contributed by atoms with Crippen LogP contribution in [-0.4, -0.2) is 0 Å². The molecule has 64 valence electrons. The molecule has 0 nitrogen and oxygen atoms in total. The molecule has 0 aromatic heterocycles. The summed E-state index contributed by atoms with van der Waals surface area (Å²) in [4.78, 5) is 0. The largest absolute Gasteiger partial charge is 0.0622 e. The van der Waals surface area contributed by atoms with Crippen LogP contribution in [0.5, 0.6) is 0 Å². The molecule has 0 radical (unpaired) electrons. The first-order valence-corrected chi connectivity index (χ1v) is 4.84. The van der Waals surface area contributed by atoms with E-state index in [1.54, 1.807) is 0 Å². The first kappa shape index (κ1) is 7.85. The monoisotopic (exact) mass is 160 g/mol. The number of hydrogen-bond acceptors (Lipinski definition) is 0. The van der Waals surface area contributed by atoms with Crippen LogP contribution in [0.4, 0.5) is 0 Å². The fraction of sp³-hybridized carbons (Fsp3) is 0.500. The van der Waals surface area contributed by atoms with Crippen molar-refractivity contribution in [2.75, 3.05) is 0 Å². The molecule has 12 heavy (non-hydrogen) atoms. The maximum Gasteiger partial charge on any atom is -0.0159 e. The first-order valence-electron chi connectivity index (χ1n) is 4.84. The van der Waals surface area contributed by atoms with Crippen molar-refractivity contribution in [3.8, 4) is 0 Å². The summed E-state index contributed by atoms with van der Waals surface area (Å²) in [5.74, 6) is 2.67. The predicted octanol–water partition coefficient (Wildman–Crippen LogP) is 3.45. The highest BCUT2D eigenvalue weighted by atomic mass is 14.4. The van der Waals surface area contributed by atoms with E-state index in [0.717, 1.165) is 17.8 Å². The zero-order valence-electron chi connectivity index (χ0n) is 7.83. The molecule has 3 atom stereocenters. The fourth-order valence-electron chi connectivity index (χ4n) is 2.05. The minimum absolute atomic E-state index is 0.765. The molecule has 0 saturated heterocycles. The minimum atomic E-state index is 0.765. The van der Waals surface area contributed by atoms with Crippen LogP contribution in [0.2, 0.25) is 0 Å². The van der Waals surface area contributed by atoms with Gasteiger partial charge < -0.3 is 0 Å². The minimum Gasteiger partial charge on any atom is -0.0622 e. The maximum atomic E-state index is 2.35. The van der Waals surface area contributed by atoms with Crippen molar-refractivity contribution < 1.29 is 0 Å². The van der Waals surface area contributed by atoms with Gasteiger partial charge >= 0.3 is 0 Å². The number of rotatable bonds is 2. The quantitative estimate of drug-likeness (QED) is 0.621. The molecule has 0 bridgehead atoms. The van der Waals surface area contributed by atoms with Gasteiger partial charge in [-0.15, -0.1) is 0 Å². The SMILES string of the molecule is CC1CC1C(C)c1ccccc1. The molecule has 1 aliphatic carbocycles. The summed E-state index contributed by atoms with van der Waals surface area (Å²) in [5, 5.41) is 0. The van der Waals surface area contributed by atoms with Crippen molar-refractivity contribution >= 4 is 0 Å². The molecular weight excluding hydrogens is 144 g/mol. The highest BCUT2D eigenvalue weighted by molar-refractivity contribution is 5.21. The summed E-state index contributed by atoms with van der Waals surface area (Å²) in [5.41, 5.74) is 1.51. The van der Waals surface area contributed by atoms with E-state index in [-0.39, 0.29) is 0 Å². The Labute approximate surface area is 74.6 Å². The Morgan fingerprint density at radius 2 is 1.83 bits per heavy atom. The summed E-state index contributed by atoms with van der Waals surface area (Å²) in [6.45, 7) is 4.70. The molecule has 0 spiro atoms. The van der Waals surface area contributed by atoms with Gasteiger partial charge in [-0.3, -0.25) is 0 Å². The Hall–Kier alpha value is -0.780. The van der Waals surface area contributed by atoms with Gasteiger partial charge in [0.05, 0.1) is 0 Å². The number of benzene rings is 1. The predicted molar refractivity (Wildman–Crippen MR) is 52.1 cm³/mol. The molecule has 1 aromatic carbocycles. The van der Waals surface area contributed by atoms with Crippen molar-refractivity contribution in [2.45, 2.75) is 26.2 Å². The van der Waals surface area contributed by atoms with E-state index in [1.807, 2.05) is 0 Å². The third-order valence-electron chi connectivity index (χ3n) is 3.14. The Morgan fingerprint density at radius 3 is 2.33 bits per heavy atom. The van der Waals surface area contributed by atoms with Crippen LogP contribution in [0, 0.1) is 11.8 Å². The molecule has 0 heterocycles. The molecular formula is C12H16. The van der Waals surface area contributed by atoms with Gasteiger partial charge in [0, 0.05) is 0 Å². The van der Waals surface area contributed by atoms with Crippen molar-refractivity contribution in [3.05, 3.63) is 35.9 Å². The van der Waals surface area contributed by atoms with Crippen LogP contribution in [0.1, 0.15) is 31.7 Å². The summed E-state index contributed by atoms with van der Waals surface area (Å²) in [7, 11) is 0. The van der Waals surface area contributed by atoms with Crippen LogP contribution in [0.25, 0.3) is 0 Å². The second-order valence-electron chi connectivity index (χ2n) is 4.08. The fourth-order valence-corrected chi connectivity index (χ4v) is 2.05. The lowest BCUT2D eigenvalue weighted by Gasteiger charge is -2.09. The maximum absolute atomic E-state index is 2.35.